The summed E-state index contributed by atoms with van der Waals surface area (Å²) < 4.78 is 2.22. The van der Waals surface area contributed by atoms with Gasteiger partial charge in [-0.25, -0.2) is 4.98 Å². The van der Waals surface area contributed by atoms with E-state index in [0.717, 1.165) is 17.2 Å². The Balaban J connectivity index is 0.000000852. The molecule has 6 nitrogen and oxygen atoms in total. The van der Waals surface area contributed by atoms with Gasteiger partial charge in [0.15, 0.2) is 0 Å². The van der Waals surface area contributed by atoms with E-state index in [4.69, 9.17) is 10.3 Å². The second kappa shape index (κ2) is 21.4. The average molecular weight is 864 g/mol. The summed E-state index contributed by atoms with van der Waals surface area (Å²) in [4.78, 5) is 5.49. The minimum atomic E-state index is -0.228. The number of rotatable bonds is 7. The van der Waals surface area contributed by atoms with Gasteiger partial charge in [0.25, 0.3) is 0 Å². The SMILES string of the molecule is C[N-]C.C[N-]C.C[N-]C.Cc1cc(C)c(C([N-]c2c(C(C)C)cccc2C(C)C)c2nc(C3c4ccccc4-c4ccccc43)cn2C)c(C)c1.[Hf+4]. The maximum Gasteiger partial charge on any atom is 4.00 e. The molecule has 4 aromatic carbocycles. The van der Waals surface area contributed by atoms with E-state index in [9.17, 15) is 0 Å². The predicted molar refractivity (Wildman–Crippen MR) is 222 cm³/mol. The Kier molecular flexibility index (Phi) is 18.4. The molecule has 0 saturated heterocycles. The fourth-order valence-corrected chi connectivity index (χ4v) is 7.04. The number of fused-ring (bicyclic) bond motifs is 3. The summed E-state index contributed by atoms with van der Waals surface area (Å²) in [5.41, 5.74) is 15.1. The van der Waals surface area contributed by atoms with E-state index in [2.05, 4.69) is 161 Å². The molecule has 1 aliphatic rings. The topological polar surface area (TPSA) is 74.2 Å². The summed E-state index contributed by atoms with van der Waals surface area (Å²) in [6.07, 6.45) is 2.23. The summed E-state index contributed by atoms with van der Waals surface area (Å²) in [5.74, 6) is 1.82. The van der Waals surface area contributed by atoms with Gasteiger partial charge in [-0.15, -0.1) is 5.69 Å². The molecule has 0 N–H and O–H groups in total. The summed E-state index contributed by atoms with van der Waals surface area (Å²) in [6.45, 7) is 15.7. The summed E-state index contributed by atoms with van der Waals surface area (Å²) >= 11 is 0. The van der Waals surface area contributed by atoms with Crippen LogP contribution in [0.5, 0.6) is 0 Å². The minimum Gasteiger partial charge on any atom is -0.671 e. The third kappa shape index (κ3) is 10.4. The van der Waals surface area contributed by atoms with Crippen molar-refractivity contribution in [1.29, 1.82) is 0 Å². The normalized spacial score (nSPS) is 11.9. The van der Waals surface area contributed by atoms with Crippen LogP contribution < -0.4 is 0 Å². The molecule has 0 aliphatic heterocycles. The number of imidazole rings is 1. The number of aryl methyl sites for hydroxylation is 4. The zero-order valence-electron chi connectivity index (χ0n) is 34.1. The Morgan fingerprint density at radius 1 is 0.635 bits per heavy atom. The number of benzene rings is 4. The van der Waals surface area contributed by atoms with E-state index in [-0.39, 0.29) is 37.8 Å². The molecular formula is C45H60HfN6. The van der Waals surface area contributed by atoms with Gasteiger partial charge in [-0.05, 0) is 77.6 Å². The number of nitrogens with zero attached hydrogens (tertiary/aromatic N) is 6. The zero-order chi connectivity index (χ0) is 37.8. The van der Waals surface area contributed by atoms with Crippen LogP contribution >= 0.6 is 0 Å². The molecule has 1 atom stereocenters. The smallest absolute Gasteiger partial charge is 0.671 e. The van der Waals surface area contributed by atoms with Crippen molar-refractivity contribution in [2.75, 3.05) is 42.3 Å². The first kappa shape index (κ1) is 44.8. The van der Waals surface area contributed by atoms with Crippen molar-refractivity contribution in [2.45, 2.75) is 72.3 Å². The van der Waals surface area contributed by atoms with E-state index in [1.807, 2.05) is 0 Å². The van der Waals surface area contributed by atoms with Crippen LogP contribution in [0.1, 0.15) is 108 Å². The van der Waals surface area contributed by atoms with Gasteiger partial charge in [0, 0.05) is 13.2 Å². The van der Waals surface area contributed by atoms with Crippen LogP contribution in [0.2, 0.25) is 0 Å². The second-order valence-electron chi connectivity index (χ2n) is 14.0. The molecule has 5 aromatic rings. The molecular weight excluding hydrogens is 803 g/mol. The van der Waals surface area contributed by atoms with Gasteiger partial charge in [0.05, 0.1) is 17.4 Å². The molecule has 0 fully saturated rings. The maximum atomic E-state index is 5.70. The Morgan fingerprint density at radius 3 is 1.48 bits per heavy atom. The van der Waals surface area contributed by atoms with Crippen LogP contribution in [0.25, 0.3) is 32.4 Å². The average Bonchev–Trinajstić information content (AvgIpc) is 3.62. The first-order valence-electron chi connectivity index (χ1n) is 18.0. The molecule has 6 rings (SSSR count). The molecule has 0 saturated carbocycles. The zero-order valence-corrected chi connectivity index (χ0v) is 37.7. The molecule has 0 spiro atoms. The van der Waals surface area contributed by atoms with Gasteiger partial charge in [-0.3, -0.25) is 0 Å². The standard InChI is InChI=1S/C39H42N3.3C2H6N.Hf/c1-23(2)28-18-13-19-29(24(3)4)37(28)41-38(35-26(6)20-25(5)21-27(35)7)39-40-34(22-42(39)8)36-32-16-11-9-14-30(32)31-15-10-12-17-33(31)36;3*1-3-2;/h9-24,36,38H,1-8H3;3*1-2H3;/q4*-1;+4. The molecule has 274 valence electrons. The van der Waals surface area contributed by atoms with Gasteiger partial charge in [0.1, 0.15) is 0 Å². The van der Waals surface area contributed by atoms with E-state index in [1.54, 1.807) is 42.3 Å². The van der Waals surface area contributed by atoms with Crippen molar-refractivity contribution in [3.8, 4) is 11.1 Å². The molecule has 1 aliphatic carbocycles. The molecule has 1 aromatic heterocycles. The predicted octanol–water partition coefficient (Wildman–Crippen LogP) is 12.4. The first-order valence-corrected chi connectivity index (χ1v) is 18.0. The monoisotopic (exact) mass is 864 g/mol. The quantitative estimate of drug-likeness (QED) is 0.147. The van der Waals surface area contributed by atoms with Crippen molar-refractivity contribution < 1.29 is 25.8 Å². The van der Waals surface area contributed by atoms with Gasteiger partial charge < -0.3 is 25.8 Å². The number of para-hydroxylation sites is 1. The van der Waals surface area contributed by atoms with Gasteiger partial charge in [-0.2, -0.15) is 42.3 Å². The van der Waals surface area contributed by atoms with Crippen LogP contribution in [0.3, 0.4) is 0 Å². The van der Waals surface area contributed by atoms with Crippen LogP contribution in [0, 0.1) is 20.8 Å². The third-order valence-corrected chi connectivity index (χ3v) is 8.92. The van der Waals surface area contributed by atoms with Crippen molar-refractivity contribution in [2.24, 2.45) is 7.05 Å². The Morgan fingerprint density at radius 2 is 1.06 bits per heavy atom. The summed E-state index contributed by atoms with van der Waals surface area (Å²) in [5, 5.41) is 16.2. The van der Waals surface area contributed by atoms with Crippen molar-refractivity contribution >= 4 is 5.69 Å². The van der Waals surface area contributed by atoms with E-state index in [1.165, 1.54) is 55.6 Å². The number of hydrogen-bond donors (Lipinski definition) is 0. The van der Waals surface area contributed by atoms with Crippen molar-refractivity contribution in [3.05, 3.63) is 162 Å². The fourth-order valence-electron chi connectivity index (χ4n) is 7.04. The number of aromatic nitrogens is 2. The molecule has 0 radical (unpaired) electrons. The van der Waals surface area contributed by atoms with Gasteiger partial charge in [-0.1, -0.05) is 123 Å². The molecule has 1 unspecified atom stereocenters. The van der Waals surface area contributed by atoms with Crippen LogP contribution in [-0.4, -0.2) is 51.8 Å². The largest absolute Gasteiger partial charge is 4.00 e. The Labute approximate surface area is 334 Å². The van der Waals surface area contributed by atoms with E-state index >= 15 is 0 Å². The maximum absolute atomic E-state index is 5.70. The van der Waals surface area contributed by atoms with Crippen LogP contribution in [0.4, 0.5) is 5.69 Å². The molecule has 0 amide bonds. The molecule has 7 heteroatoms. The fraction of sp³-hybridized carbons (Fsp3) is 0.400. The van der Waals surface area contributed by atoms with E-state index in [0.29, 0.717) is 11.8 Å². The molecule has 52 heavy (non-hydrogen) atoms. The summed E-state index contributed by atoms with van der Waals surface area (Å²) in [7, 11) is 12.6. The van der Waals surface area contributed by atoms with Crippen molar-refractivity contribution in [1.82, 2.24) is 9.55 Å². The molecule has 0 bridgehead atoms. The Bertz CT molecular complexity index is 1740. The summed E-state index contributed by atoms with van der Waals surface area (Å²) in [6, 6.07) is 28.6. The van der Waals surface area contributed by atoms with Crippen LogP contribution in [0.15, 0.2) is 85.1 Å². The third-order valence-electron chi connectivity index (χ3n) is 8.92. The van der Waals surface area contributed by atoms with Gasteiger partial charge >= 0.3 is 25.8 Å². The Hall–Kier alpha value is -3.36. The first-order chi connectivity index (χ1) is 24.4. The second-order valence-corrected chi connectivity index (χ2v) is 14.0. The minimum absolute atomic E-state index is 0. The van der Waals surface area contributed by atoms with Crippen LogP contribution in [-0.2, 0) is 32.9 Å². The van der Waals surface area contributed by atoms with E-state index < -0.39 is 0 Å². The van der Waals surface area contributed by atoms with Gasteiger partial charge in [0.2, 0.25) is 0 Å². The van der Waals surface area contributed by atoms with Crippen molar-refractivity contribution in [3.63, 3.8) is 0 Å². The number of hydrogen-bond acceptors (Lipinski definition) is 1. The molecule has 1 heterocycles.